The fraction of sp³-hybridized carbons (Fsp3) is 0.182. The van der Waals surface area contributed by atoms with Crippen LogP contribution < -0.4 is 15.5 Å². The van der Waals surface area contributed by atoms with Gasteiger partial charge in [-0.25, -0.2) is 4.98 Å². The number of carbonyl (C=O) groups is 1. The van der Waals surface area contributed by atoms with Crippen molar-refractivity contribution in [1.29, 1.82) is 0 Å². The summed E-state index contributed by atoms with van der Waals surface area (Å²) in [5.41, 5.74) is 3.37. The molecule has 0 atom stereocenters. The number of benzene rings is 2. The standard InChI is InChI=1S/C22H22N4O/c27-22(20-9-6-14-23-21(20)26-15-4-5-16-26)25-19-12-10-18(11-13-19)24-17-7-2-1-3-8-17/h1-3,6-14,24H,4-5,15-16H2,(H,25,27). The Morgan fingerprint density at radius 1 is 0.815 bits per heavy atom. The van der Waals surface area contributed by atoms with Crippen molar-refractivity contribution >= 4 is 28.8 Å². The number of nitrogens with zero attached hydrogens (tertiary/aromatic N) is 2. The van der Waals surface area contributed by atoms with E-state index in [-0.39, 0.29) is 5.91 Å². The van der Waals surface area contributed by atoms with Gasteiger partial charge in [0.2, 0.25) is 0 Å². The van der Waals surface area contributed by atoms with Crippen LogP contribution in [0.3, 0.4) is 0 Å². The van der Waals surface area contributed by atoms with Gasteiger partial charge in [0.25, 0.3) is 5.91 Å². The van der Waals surface area contributed by atoms with Crippen LogP contribution in [0.4, 0.5) is 22.9 Å². The number of hydrogen-bond acceptors (Lipinski definition) is 4. The van der Waals surface area contributed by atoms with Crippen molar-refractivity contribution in [2.24, 2.45) is 0 Å². The lowest BCUT2D eigenvalue weighted by Gasteiger charge is -2.19. The predicted molar refractivity (Wildman–Crippen MR) is 110 cm³/mol. The van der Waals surface area contributed by atoms with E-state index in [9.17, 15) is 4.79 Å². The first-order valence-electron chi connectivity index (χ1n) is 9.23. The summed E-state index contributed by atoms with van der Waals surface area (Å²) in [4.78, 5) is 19.4. The van der Waals surface area contributed by atoms with E-state index in [0.717, 1.165) is 48.8 Å². The highest BCUT2D eigenvalue weighted by molar-refractivity contribution is 6.07. The molecule has 0 spiro atoms. The Morgan fingerprint density at radius 3 is 2.22 bits per heavy atom. The molecule has 1 amide bonds. The third-order valence-electron chi connectivity index (χ3n) is 4.64. The Labute approximate surface area is 159 Å². The molecule has 27 heavy (non-hydrogen) atoms. The van der Waals surface area contributed by atoms with Crippen LogP contribution in [-0.2, 0) is 0 Å². The predicted octanol–water partition coefficient (Wildman–Crippen LogP) is 4.68. The number of carbonyl (C=O) groups excluding carboxylic acids is 1. The average molecular weight is 358 g/mol. The Bertz CT molecular complexity index is 903. The van der Waals surface area contributed by atoms with Gasteiger partial charge in [-0.15, -0.1) is 0 Å². The summed E-state index contributed by atoms with van der Waals surface area (Å²) in [5, 5.41) is 6.31. The summed E-state index contributed by atoms with van der Waals surface area (Å²) in [7, 11) is 0. The number of para-hydroxylation sites is 1. The summed E-state index contributed by atoms with van der Waals surface area (Å²) in [6.07, 6.45) is 4.04. The second kappa shape index (κ2) is 7.91. The molecule has 1 fully saturated rings. The molecule has 2 N–H and O–H groups in total. The van der Waals surface area contributed by atoms with E-state index in [1.165, 1.54) is 0 Å². The lowest BCUT2D eigenvalue weighted by atomic mass is 10.2. The SMILES string of the molecule is O=C(Nc1ccc(Nc2ccccc2)cc1)c1cccnc1N1CCCC1. The number of aromatic nitrogens is 1. The number of hydrogen-bond donors (Lipinski definition) is 2. The van der Waals surface area contributed by atoms with Gasteiger partial charge in [-0.2, -0.15) is 0 Å². The monoisotopic (exact) mass is 358 g/mol. The van der Waals surface area contributed by atoms with Crippen molar-refractivity contribution in [3.63, 3.8) is 0 Å². The maximum absolute atomic E-state index is 12.8. The van der Waals surface area contributed by atoms with Crippen molar-refractivity contribution in [2.45, 2.75) is 12.8 Å². The Morgan fingerprint density at radius 2 is 1.48 bits per heavy atom. The normalized spacial score (nSPS) is 13.4. The smallest absolute Gasteiger partial charge is 0.259 e. The molecule has 136 valence electrons. The molecular weight excluding hydrogens is 336 g/mol. The minimum Gasteiger partial charge on any atom is -0.356 e. The van der Waals surface area contributed by atoms with Gasteiger partial charge in [0.15, 0.2) is 0 Å². The van der Waals surface area contributed by atoms with E-state index in [0.29, 0.717) is 5.56 Å². The van der Waals surface area contributed by atoms with Gasteiger partial charge < -0.3 is 15.5 Å². The maximum Gasteiger partial charge on any atom is 0.259 e. The first kappa shape index (κ1) is 17.1. The van der Waals surface area contributed by atoms with Gasteiger partial charge >= 0.3 is 0 Å². The molecule has 1 saturated heterocycles. The molecule has 5 heteroatoms. The Kier molecular flexibility index (Phi) is 5.01. The molecule has 0 saturated carbocycles. The van der Waals surface area contributed by atoms with E-state index in [4.69, 9.17) is 0 Å². The summed E-state index contributed by atoms with van der Waals surface area (Å²) in [6.45, 7) is 1.91. The first-order chi connectivity index (χ1) is 13.3. The van der Waals surface area contributed by atoms with Crippen LogP contribution in [0, 0.1) is 0 Å². The van der Waals surface area contributed by atoms with Crippen LogP contribution in [0.15, 0.2) is 72.9 Å². The number of amides is 1. The van der Waals surface area contributed by atoms with Crippen LogP contribution in [0.1, 0.15) is 23.2 Å². The van der Waals surface area contributed by atoms with Gasteiger partial charge in [0.1, 0.15) is 5.82 Å². The number of pyridine rings is 1. The quantitative estimate of drug-likeness (QED) is 0.695. The molecule has 5 nitrogen and oxygen atoms in total. The lowest BCUT2D eigenvalue weighted by molar-refractivity contribution is 0.102. The van der Waals surface area contributed by atoms with Crippen LogP contribution in [0.2, 0.25) is 0 Å². The van der Waals surface area contributed by atoms with Gasteiger partial charge in [0, 0.05) is 36.3 Å². The van der Waals surface area contributed by atoms with Gasteiger partial charge in [0.05, 0.1) is 5.56 Å². The number of rotatable bonds is 5. The van der Waals surface area contributed by atoms with Gasteiger partial charge in [-0.3, -0.25) is 4.79 Å². The molecule has 0 radical (unpaired) electrons. The molecular formula is C22H22N4O. The van der Waals surface area contributed by atoms with Crippen molar-refractivity contribution in [3.8, 4) is 0 Å². The van der Waals surface area contributed by atoms with Crippen molar-refractivity contribution in [2.75, 3.05) is 28.6 Å². The molecule has 1 aromatic heterocycles. The third-order valence-corrected chi connectivity index (χ3v) is 4.64. The molecule has 0 unspecified atom stereocenters. The average Bonchev–Trinajstić information content (AvgIpc) is 3.25. The molecule has 2 heterocycles. The zero-order chi connectivity index (χ0) is 18.5. The highest BCUT2D eigenvalue weighted by atomic mass is 16.1. The molecule has 1 aliphatic rings. The largest absolute Gasteiger partial charge is 0.356 e. The summed E-state index contributed by atoms with van der Waals surface area (Å²) in [6, 6.07) is 21.3. The Balaban J connectivity index is 1.46. The lowest BCUT2D eigenvalue weighted by Crippen LogP contribution is -2.24. The van der Waals surface area contributed by atoms with Crippen LogP contribution in [0.25, 0.3) is 0 Å². The second-order valence-corrected chi connectivity index (χ2v) is 6.59. The van der Waals surface area contributed by atoms with Crippen LogP contribution in [-0.4, -0.2) is 24.0 Å². The molecule has 3 aromatic rings. The third kappa shape index (κ3) is 4.08. The summed E-state index contributed by atoms with van der Waals surface area (Å²) < 4.78 is 0. The van der Waals surface area contributed by atoms with Crippen molar-refractivity contribution in [3.05, 3.63) is 78.5 Å². The van der Waals surface area contributed by atoms with E-state index in [2.05, 4.69) is 20.5 Å². The minimum absolute atomic E-state index is 0.131. The molecule has 4 rings (SSSR count). The molecule has 0 bridgehead atoms. The fourth-order valence-electron chi connectivity index (χ4n) is 3.28. The molecule has 0 aliphatic carbocycles. The Hall–Kier alpha value is -3.34. The maximum atomic E-state index is 12.8. The van der Waals surface area contributed by atoms with Crippen molar-refractivity contribution < 1.29 is 4.79 Å². The van der Waals surface area contributed by atoms with Crippen LogP contribution >= 0.6 is 0 Å². The molecule has 1 aliphatic heterocycles. The van der Waals surface area contributed by atoms with Crippen LogP contribution in [0.5, 0.6) is 0 Å². The topological polar surface area (TPSA) is 57.3 Å². The van der Waals surface area contributed by atoms with E-state index in [1.807, 2.05) is 60.7 Å². The second-order valence-electron chi connectivity index (χ2n) is 6.59. The minimum atomic E-state index is -0.131. The summed E-state index contributed by atoms with van der Waals surface area (Å²) in [5.74, 6) is 0.642. The zero-order valence-electron chi connectivity index (χ0n) is 15.1. The highest BCUT2D eigenvalue weighted by Gasteiger charge is 2.20. The zero-order valence-corrected chi connectivity index (χ0v) is 15.1. The van der Waals surface area contributed by atoms with Crippen molar-refractivity contribution in [1.82, 2.24) is 4.98 Å². The van der Waals surface area contributed by atoms with E-state index in [1.54, 1.807) is 12.3 Å². The first-order valence-corrected chi connectivity index (χ1v) is 9.23. The molecule has 2 aromatic carbocycles. The van der Waals surface area contributed by atoms with Gasteiger partial charge in [-0.1, -0.05) is 18.2 Å². The number of nitrogens with one attached hydrogen (secondary N) is 2. The van der Waals surface area contributed by atoms with E-state index < -0.39 is 0 Å². The highest BCUT2D eigenvalue weighted by Crippen LogP contribution is 2.24. The number of anilines is 4. The van der Waals surface area contributed by atoms with Gasteiger partial charge in [-0.05, 0) is 61.4 Å². The van der Waals surface area contributed by atoms with E-state index >= 15 is 0 Å². The summed E-state index contributed by atoms with van der Waals surface area (Å²) >= 11 is 0. The fourth-order valence-corrected chi connectivity index (χ4v) is 3.28.